The van der Waals surface area contributed by atoms with Gasteiger partial charge in [-0.1, -0.05) is 30.3 Å². The summed E-state index contributed by atoms with van der Waals surface area (Å²) in [6.45, 7) is 0.648. The van der Waals surface area contributed by atoms with Gasteiger partial charge in [0.2, 0.25) is 5.95 Å². The van der Waals surface area contributed by atoms with Crippen LogP contribution in [0.15, 0.2) is 54.2 Å². The van der Waals surface area contributed by atoms with E-state index in [2.05, 4.69) is 49.9 Å². The molecule has 0 unspecified atom stereocenters. The second kappa shape index (κ2) is 6.25. The lowest BCUT2D eigenvalue weighted by molar-refractivity contribution is 0.994. The van der Waals surface area contributed by atoms with E-state index in [1.165, 1.54) is 5.56 Å². The predicted molar refractivity (Wildman–Crippen MR) is 80.7 cm³/mol. The Bertz CT molecular complexity index is 652. The fourth-order valence-corrected chi connectivity index (χ4v) is 2.67. The van der Waals surface area contributed by atoms with Crippen LogP contribution in [0.2, 0.25) is 0 Å². The van der Waals surface area contributed by atoms with Crippen LogP contribution >= 0.6 is 11.3 Å². The molecule has 0 spiro atoms. The minimum absolute atomic E-state index is 0.630. The van der Waals surface area contributed by atoms with E-state index < -0.39 is 0 Å². The summed E-state index contributed by atoms with van der Waals surface area (Å²) in [7, 11) is 0. The molecule has 100 valence electrons. The Morgan fingerprint density at radius 2 is 1.80 bits per heavy atom. The molecule has 0 amide bonds. The first-order valence-electron chi connectivity index (χ1n) is 6.38. The number of anilines is 1. The van der Waals surface area contributed by atoms with Gasteiger partial charge in [0.15, 0.2) is 0 Å². The van der Waals surface area contributed by atoms with Crippen molar-refractivity contribution < 1.29 is 0 Å². The first-order chi connectivity index (χ1) is 9.90. The highest BCUT2D eigenvalue weighted by Crippen LogP contribution is 2.15. The fourth-order valence-electron chi connectivity index (χ4n) is 1.84. The molecule has 5 heteroatoms. The van der Waals surface area contributed by atoms with Crippen molar-refractivity contribution in [1.29, 1.82) is 0 Å². The van der Waals surface area contributed by atoms with E-state index >= 15 is 0 Å². The van der Waals surface area contributed by atoms with Gasteiger partial charge in [-0.25, -0.2) is 15.0 Å². The lowest BCUT2D eigenvalue weighted by Crippen LogP contribution is -2.03. The normalized spacial score (nSPS) is 10.4. The molecule has 1 N–H and O–H groups in total. The Balaban J connectivity index is 1.60. The summed E-state index contributed by atoms with van der Waals surface area (Å²) >= 11 is 1.69. The second-order valence-corrected chi connectivity index (χ2v) is 5.26. The van der Waals surface area contributed by atoms with E-state index in [0.717, 1.165) is 17.1 Å². The zero-order chi connectivity index (χ0) is 13.6. The van der Waals surface area contributed by atoms with Gasteiger partial charge in [-0.05, 0) is 11.6 Å². The summed E-state index contributed by atoms with van der Waals surface area (Å²) in [5.41, 5.74) is 2.31. The lowest BCUT2D eigenvalue weighted by Gasteiger charge is -2.00. The summed E-state index contributed by atoms with van der Waals surface area (Å²) in [5.74, 6) is 0.630. The first kappa shape index (κ1) is 12.7. The van der Waals surface area contributed by atoms with Crippen LogP contribution in [0.3, 0.4) is 0 Å². The van der Waals surface area contributed by atoms with Gasteiger partial charge in [0.1, 0.15) is 0 Å². The van der Waals surface area contributed by atoms with Crippen LogP contribution in [0.25, 0.3) is 0 Å². The van der Waals surface area contributed by atoms with E-state index in [4.69, 9.17) is 0 Å². The van der Waals surface area contributed by atoms with Crippen LogP contribution < -0.4 is 5.32 Å². The van der Waals surface area contributed by atoms with Crippen LogP contribution in [0.4, 0.5) is 5.95 Å². The molecule has 20 heavy (non-hydrogen) atoms. The zero-order valence-electron chi connectivity index (χ0n) is 10.9. The standard InChI is InChI=1S/C15H14N4S/c1-2-5-12(6-3-1)9-14-19-13(11-20-14)10-18-15-16-7-4-8-17-15/h1-8,11H,9-10H2,(H,16,17,18). The molecule has 0 aliphatic rings. The Morgan fingerprint density at radius 3 is 2.60 bits per heavy atom. The molecule has 0 aliphatic carbocycles. The van der Waals surface area contributed by atoms with E-state index in [9.17, 15) is 0 Å². The minimum atomic E-state index is 0.630. The minimum Gasteiger partial charge on any atom is -0.349 e. The quantitative estimate of drug-likeness (QED) is 0.781. The number of benzene rings is 1. The Labute approximate surface area is 121 Å². The van der Waals surface area contributed by atoms with Crippen LogP contribution in [-0.4, -0.2) is 15.0 Å². The Morgan fingerprint density at radius 1 is 1.00 bits per heavy atom. The summed E-state index contributed by atoms with van der Waals surface area (Å²) in [6.07, 6.45) is 4.32. The van der Waals surface area contributed by atoms with Crippen LogP contribution in [-0.2, 0) is 13.0 Å². The van der Waals surface area contributed by atoms with Gasteiger partial charge < -0.3 is 5.32 Å². The molecule has 3 rings (SSSR count). The monoisotopic (exact) mass is 282 g/mol. The molecule has 2 heterocycles. The maximum Gasteiger partial charge on any atom is 0.222 e. The number of hydrogen-bond acceptors (Lipinski definition) is 5. The molecule has 0 fully saturated rings. The Kier molecular flexibility index (Phi) is 3.99. The number of rotatable bonds is 5. The highest BCUT2D eigenvalue weighted by molar-refractivity contribution is 7.09. The van der Waals surface area contributed by atoms with Gasteiger partial charge in [0.25, 0.3) is 0 Å². The topological polar surface area (TPSA) is 50.7 Å². The molecular formula is C15H14N4S. The maximum absolute atomic E-state index is 4.62. The number of hydrogen-bond donors (Lipinski definition) is 1. The number of thiazole rings is 1. The molecule has 0 saturated heterocycles. The molecule has 1 aromatic carbocycles. The summed E-state index contributed by atoms with van der Waals surface area (Å²) in [4.78, 5) is 12.9. The summed E-state index contributed by atoms with van der Waals surface area (Å²) in [6, 6.07) is 12.2. The highest BCUT2D eigenvalue weighted by Gasteiger charge is 2.03. The molecule has 2 aromatic heterocycles. The number of aromatic nitrogens is 3. The van der Waals surface area contributed by atoms with Crippen LogP contribution in [0, 0.1) is 0 Å². The van der Waals surface area contributed by atoms with Crippen molar-refractivity contribution in [2.24, 2.45) is 0 Å². The van der Waals surface area contributed by atoms with Crippen molar-refractivity contribution in [2.75, 3.05) is 5.32 Å². The summed E-state index contributed by atoms with van der Waals surface area (Å²) < 4.78 is 0. The molecule has 3 aromatic rings. The zero-order valence-corrected chi connectivity index (χ0v) is 11.7. The van der Waals surface area contributed by atoms with Crippen molar-refractivity contribution in [3.8, 4) is 0 Å². The SMILES string of the molecule is c1ccc(Cc2nc(CNc3ncccn3)cs2)cc1. The number of nitrogens with zero attached hydrogens (tertiary/aromatic N) is 3. The van der Waals surface area contributed by atoms with Gasteiger partial charge in [0.05, 0.1) is 17.2 Å². The highest BCUT2D eigenvalue weighted by atomic mass is 32.1. The average Bonchev–Trinajstić information content (AvgIpc) is 2.95. The smallest absolute Gasteiger partial charge is 0.222 e. The van der Waals surface area contributed by atoms with Crippen LogP contribution in [0.1, 0.15) is 16.3 Å². The van der Waals surface area contributed by atoms with E-state index in [1.54, 1.807) is 29.8 Å². The van der Waals surface area contributed by atoms with Gasteiger partial charge in [0, 0.05) is 24.2 Å². The molecular weight excluding hydrogens is 268 g/mol. The second-order valence-electron chi connectivity index (χ2n) is 4.32. The van der Waals surface area contributed by atoms with Gasteiger partial charge in [-0.15, -0.1) is 11.3 Å². The van der Waals surface area contributed by atoms with E-state index in [1.807, 2.05) is 6.07 Å². The third kappa shape index (κ3) is 3.39. The van der Waals surface area contributed by atoms with Crippen molar-refractivity contribution in [3.63, 3.8) is 0 Å². The molecule has 4 nitrogen and oxygen atoms in total. The van der Waals surface area contributed by atoms with E-state index in [-0.39, 0.29) is 0 Å². The molecule has 0 bridgehead atoms. The molecule has 0 saturated carbocycles. The average molecular weight is 282 g/mol. The van der Waals surface area contributed by atoms with Crippen molar-refractivity contribution in [1.82, 2.24) is 15.0 Å². The third-order valence-electron chi connectivity index (χ3n) is 2.79. The van der Waals surface area contributed by atoms with Crippen molar-refractivity contribution in [3.05, 3.63) is 70.4 Å². The maximum atomic E-state index is 4.62. The molecule has 0 aliphatic heterocycles. The largest absolute Gasteiger partial charge is 0.349 e. The Hall–Kier alpha value is -2.27. The lowest BCUT2D eigenvalue weighted by atomic mass is 10.2. The van der Waals surface area contributed by atoms with Crippen LogP contribution in [0.5, 0.6) is 0 Å². The first-order valence-corrected chi connectivity index (χ1v) is 7.26. The fraction of sp³-hybridized carbons (Fsp3) is 0.133. The van der Waals surface area contributed by atoms with E-state index in [0.29, 0.717) is 12.5 Å². The summed E-state index contributed by atoms with van der Waals surface area (Å²) in [5, 5.41) is 6.36. The van der Waals surface area contributed by atoms with Gasteiger partial charge in [-0.3, -0.25) is 0 Å². The van der Waals surface area contributed by atoms with Crippen molar-refractivity contribution >= 4 is 17.3 Å². The predicted octanol–water partition coefficient (Wildman–Crippen LogP) is 3.14. The molecule has 0 atom stereocenters. The third-order valence-corrected chi connectivity index (χ3v) is 3.69. The molecule has 0 radical (unpaired) electrons. The van der Waals surface area contributed by atoms with Gasteiger partial charge >= 0.3 is 0 Å². The number of nitrogens with one attached hydrogen (secondary N) is 1. The van der Waals surface area contributed by atoms with Gasteiger partial charge in [-0.2, -0.15) is 0 Å². The van der Waals surface area contributed by atoms with Crippen molar-refractivity contribution in [2.45, 2.75) is 13.0 Å².